The number of fused-ring (bicyclic) bond motifs is 1. The number of aromatic nitrogens is 5. The summed E-state index contributed by atoms with van der Waals surface area (Å²) in [6.07, 6.45) is 3.72. The van der Waals surface area contributed by atoms with E-state index in [1.807, 2.05) is 37.3 Å². The number of imidazole rings is 1. The number of hydrogen-bond donors (Lipinski definition) is 0. The van der Waals surface area contributed by atoms with Crippen LogP contribution in [0.2, 0.25) is 0 Å². The molecule has 2 aromatic heterocycles. The molecule has 1 aliphatic heterocycles. The van der Waals surface area contributed by atoms with Crippen LogP contribution >= 0.6 is 0 Å². The lowest BCUT2D eigenvalue weighted by Gasteiger charge is -2.33. The SMILES string of the molecule is Cc1nnc2n1[C@H](Cc1ccccc1)CN(S(=O)(=O)c1cn(C)cn1)C2. The minimum Gasteiger partial charge on any atom is -0.339 e. The van der Waals surface area contributed by atoms with E-state index < -0.39 is 10.0 Å². The third kappa shape index (κ3) is 2.93. The zero-order chi connectivity index (χ0) is 18.3. The Morgan fingerprint density at radius 3 is 2.65 bits per heavy atom. The number of benzene rings is 1. The topological polar surface area (TPSA) is 85.9 Å². The van der Waals surface area contributed by atoms with Crippen molar-refractivity contribution in [1.82, 2.24) is 28.6 Å². The Bertz CT molecular complexity index is 1020. The number of sulfonamides is 1. The molecule has 26 heavy (non-hydrogen) atoms. The highest BCUT2D eigenvalue weighted by molar-refractivity contribution is 7.89. The fourth-order valence-corrected chi connectivity index (χ4v) is 4.81. The van der Waals surface area contributed by atoms with Gasteiger partial charge in [-0.2, -0.15) is 4.31 Å². The maximum Gasteiger partial charge on any atom is 0.262 e. The number of aryl methyl sites for hydroxylation is 2. The van der Waals surface area contributed by atoms with E-state index in [0.717, 1.165) is 11.4 Å². The van der Waals surface area contributed by atoms with Gasteiger partial charge in [0.05, 0.1) is 18.9 Å². The monoisotopic (exact) mass is 372 g/mol. The highest BCUT2D eigenvalue weighted by Crippen LogP contribution is 2.28. The van der Waals surface area contributed by atoms with E-state index in [4.69, 9.17) is 0 Å². The fraction of sp³-hybridized carbons (Fsp3) is 0.353. The molecule has 136 valence electrons. The van der Waals surface area contributed by atoms with Crippen molar-refractivity contribution in [1.29, 1.82) is 0 Å². The quantitative estimate of drug-likeness (QED) is 0.689. The summed E-state index contributed by atoms with van der Waals surface area (Å²) >= 11 is 0. The Kier molecular flexibility index (Phi) is 4.12. The minimum absolute atomic E-state index is 0.0585. The van der Waals surface area contributed by atoms with Crippen LogP contribution in [0.4, 0.5) is 0 Å². The van der Waals surface area contributed by atoms with Crippen molar-refractivity contribution < 1.29 is 8.42 Å². The summed E-state index contributed by atoms with van der Waals surface area (Å²) in [6.45, 7) is 2.46. The molecule has 9 heteroatoms. The largest absolute Gasteiger partial charge is 0.339 e. The van der Waals surface area contributed by atoms with Crippen molar-refractivity contribution in [2.45, 2.75) is 31.0 Å². The molecule has 1 aromatic carbocycles. The molecule has 8 nitrogen and oxygen atoms in total. The van der Waals surface area contributed by atoms with Gasteiger partial charge < -0.3 is 9.13 Å². The first-order valence-electron chi connectivity index (χ1n) is 8.37. The number of hydrogen-bond acceptors (Lipinski definition) is 5. The molecule has 3 aromatic rings. The standard InChI is InChI=1S/C17H20N6O2S/c1-13-19-20-16-10-22(26(24,25)17-11-21(2)12-18-17)9-15(23(13)16)8-14-6-4-3-5-7-14/h3-7,11-12,15H,8-10H2,1-2H3/t15-/m1/s1. The molecule has 0 fully saturated rings. The van der Waals surface area contributed by atoms with E-state index >= 15 is 0 Å². The van der Waals surface area contributed by atoms with E-state index in [0.29, 0.717) is 18.8 Å². The molecule has 0 saturated carbocycles. The molecule has 0 bridgehead atoms. The normalized spacial score (nSPS) is 18.0. The van der Waals surface area contributed by atoms with Crippen LogP contribution in [-0.2, 0) is 30.0 Å². The third-order valence-corrected chi connectivity index (χ3v) is 6.33. The van der Waals surface area contributed by atoms with Crippen LogP contribution in [0.1, 0.15) is 23.3 Å². The number of nitrogens with zero attached hydrogens (tertiary/aromatic N) is 6. The molecule has 0 radical (unpaired) electrons. The second-order valence-corrected chi connectivity index (χ2v) is 8.44. The second kappa shape index (κ2) is 6.33. The van der Waals surface area contributed by atoms with E-state index in [2.05, 4.69) is 19.7 Å². The molecule has 0 aliphatic carbocycles. The molecular formula is C17H20N6O2S. The Hall–Kier alpha value is -2.52. The van der Waals surface area contributed by atoms with Crippen molar-refractivity contribution in [3.63, 3.8) is 0 Å². The van der Waals surface area contributed by atoms with Crippen LogP contribution < -0.4 is 0 Å². The molecule has 1 atom stereocenters. The van der Waals surface area contributed by atoms with Gasteiger partial charge in [-0.3, -0.25) is 0 Å². The van der Waals surface area contributed by atoms with Gasteiger partial charge in [0.15, 0.2) is 5.03 Å². The van der Waals surface area contributed by atoms with Crippen molar-refractivity contribution in [3.8, 4) is 0 Å². The van der Waals surface area contributed by atoms with Crippen molar-refractivity contribution in [2.24, 2.45) is 7.05 Å². The summed E-state index contributed by atoms with van der Waals surface area (Å²) in [5, 5.41) is 8.41. The van der Waals surface area contributed by atoms with Gasteiger partial charge in [0.2, 0.25) is 0 Å². The summed E-state index contributed by atoms with van der Waals surface area (Å²) < 4.78 is 31.1. The Balaban J connectivity index is 1.70. The summed E-state index contributed by atoms with van der Waals surface area (Å²) in [6, 6.07) is 9.98. The molecule has 4 rings (SSSR count). The van der Waals surface area contributed by atoms with Crippen LogP contribution in [0, 0.1) is 6.92 Å². The van der Waals surface area contributed by atoms with Crippen LogP contribution in [0.25, 0.3) is 0 Å². The Morgan fingerprint density at radius 1 is 1.19 bits per heavy atom. The van der Waals surface area contributed by atoms with Gasteiger partial charge in [-0.1, -0.05) is 30.3 Å². The van der Waals surface area contributed by atoms with Gasteiger partial charge in [0, 0.05) is 19.8 Å². The lowest BCUT2D eigenvalue weighted by atomic mass is 10.0. The van der Waals surface area contributed by atoms with Crippen molar-refractivity contribution in [2.75, 3.05) is 6.54 Å². The predicted octanol–water partition coefficient (Wildman–Crippen LogP) is 1.31. The Morgan fingerprint density at radius 2 is 1.96 bits per heavy atom. The van der Waals surface area contributed by atoms with E-state index in [1.54, 1.807) is 11.6 Å². The summed E-state index contributed by atoms with van der Waals surface area (Å²) in [4.78, 5) is 4.02. The molecule has 0 amide bonds. The maximum absolute atomic E-state index is 13.0. The molecule has 3 heterocycles. The average molecular weight is 372 g/mol. The van der Waals surface area contributed by atoms with Gasteiger partial charge in [0.1, 0.15) is 11.6 Å². The first kappa shape index (κ1) is 16.9. The Labute approximate surface area is 152 Å². The lowest BCUT2D eigenvalue weighted by Crippen LogP contribution is -2.42. The van der Waals surface area contributed by atoms with Gasteiger partial charge in [-0.05, 0) is 18.9 Å². The van der Waals surface area contributed by atoms with Crippen molar-refractivity contribution in [3.05, 3.63) is 60.1 Å². The summed E-state index contributed by atoms with van der Waals surface area (Å²) in [7, 11) is -1.93. The average Bonchev–Trinajstić information content (AvgIpc) is 3.22. The van der Waals surface area contributed by atoms with Crippen LogP contribution in [0.3, 0.4) is 0 Å². The first-order valence-corrected chi connectivity index (χ1v) is 9.81. The predicted molar refractivity (Wildman–Crippen MR) is 94.7 cm³/mol. The second-order valence-electron chi connectivity index (χ2n) is 6.55. The zero-order valence-corrected chi connectivity index (χ0v) is 15.5. The summed E-state index contributed by atoms with van der Waals surface area (Å²) in [5.74, 6) is 1.46. The highest BCUT2D eigenvalue weighted by atomic mass is 32.2. The smallest absolute Gasteiger partial charge is 0.262 e. The van der Waals surface area contributed by atoms with E-state index in [9.17, 15) is 8.42 Å². The molecule has 0 unspecified atom stereocenters. The fourth-order valence-electron chi connectivity index (χ4n) is 3.41. The first-order chi connectivity index (χ1) is 12.4. The van der Waals surface area contributed by atoms with E-state index in [-0.39, 0.29) is 17.6 Å². The van der Waals surface area contributed by atoms with Crippen LogP contribution in [0.5, 0.6) is 0 Å². The maximum atomic E-state index is 13.0. The lowest BCUT2D eigenvalue weighted by molar-refractivity contribution is 0.273. The van der Waals surface area contributed by atoms with Crippen molar-refractivity contribution >= 4 is 10.0 Å². The summed E-state index contributed by atoms with van der Waals surface area (Å²) in [5.41, 5.74) is 1.15. The van der Waals surface area contributed by atoms with Gasteiger partial charge in [0.25, 0.3) is 10.0 Å². The molecule has 0 saturated heterocycles. The molecule has 1 aliphatic rings. The van der Waals surface area contributed by atoms with Crippen LogP contribution in [-0.4, -0.2) is 43.6 Å². The minimum atomic E-state index is -3.68. The molecule has 0 N–H and O–H groups in total. The highest BCUT2D eigenvalue weighted by Gasteiger charge is 2.36. The zero-order valence-electron chi connectivity index (χ0n) is 14.6. The molecule has 0 spiro atoms. The van der Waals surface area contributed by atoms with Gasteiger partial charge >= 0.3 is 0 Å². The van der Waals surface area contributed by atoms with Gasteiger partial charge in [-0.25, -0.2) is 13.4 Å². The van der Waals surface area contributed by atoms with Gasteiger partial charge in [-0.15, -0.1) is 10.2 Å². The van der Waals surface area contributed by atoms with E-state index in [1.165, 1.54) is 16.8 Å². The third-order valence-electron chi connectivity index (χ3n) is 4.63. The number of rotatable bonds is 4. The van der Waals surface area contributed by atoms with Crippen LogP contribution in [0.15, 0.2) is 47.9 Å². The molecular weight excluding hydrogens is 352 g/mol.